The zero-order valence-electron chi connectivity index (χ0n) is 14.7. The van der Waals surface area contributed by atoms with E-state index >= 15 is 0 Å². The molecule has 0 fully saturated rings. The lowest BCUT2D eigenvalue weighted by Crippen LogP contribution is -2.50. The molecule has 1 aliphatic rings. The van der Waals surface area contributed by atoms with E-state index in [-0.39, 0.29) is 23.9 Å². The maximum Gasteiger partial charge on any atom is 0.301 e. The first kappa shape index (κ1) is 20.9. The van der Waals surface area contributed by atoms with E-state index in [1.54, 1.807) is 0 Å². The molecule has 3 N–H and O–H groups in total. The molecule has 0 aliphatic heterocycles. The second-order valence-corrected chi connectivity index (χ2v) is 7.40. The number of hydrogen-bond acceptors (Lipinski definition) is 5. The fourth-order valence-corrected chi connectivity index (χ4v) is 3.50. The Kier molecular flexibility index (Phi) is 8.14. The van der Waals surface area contributed by atoms with Crippen LogP contribution in [-0.2, 0) is 15.2 Å². The number of carbonyl (C=O) groups is 1. The van der Waals surface area contributed by atoms with Crippen LogP contribution in [-0.4, -0.2) is 69.3 Å². The Morgan fingerprint density at radius 3 is 2.17 bits per heavy atom. The molecule has 0 aromatic carbocycles. The van der Waals surface area contributed by atoms with Crippen molar-refractivity contribution in [2.75, 3.05) is 39.3 Å². The van der Waals surface area contributed by atoms with Crippen molar-refractivity contribution in [1.82, 2.24) is 4.72 Å². The molecule has 0 unspecified atom stereocenters. The highest BCUT2D eigenvalue weighted by Crippen LogP contribution is 2.08. The molecule has 0 spiro atoms. The molecule has 0 aromatic rings. The lowest BCUT2D eigenvalue weighted by atomic mass is 10.2. The highest BCUT2D eigenvalue weighted by atomic mass is 32.3. The van der Waals surface area contributed by atoms with E-state index in [0.29, 0.717) is 16.7 Å². The minimum Gasteiger partial charge on any atom is -0.634 e. The SMILES string of the molecule is CC[N+](CC)(CC)CC(=O)N=C1C=CC(=[S+]([O-])([O-])NCCN)C=C1. The number of nitrogens with one attached hydrogen (secondary N) is 1. The van der Waals surface area contributed by atoms with Gasteiger partial charge in [-0.25, -0.2) is 4.99 Å². The number of rotatable bonds is 8. The third-order valence-electron chi connectivity index (χ3n) is 4.32. The van der Waals surface area contributed by atoms with Crippen LogP contribution in [0.25, 0.3) is 0 Å². The number of carbonyl (C=O) groups excluding carboxylic acids is 1. The molecule has 0 bridgehead atoms. The van der Waals surface area contributed by atoms with Crippen LogP contribution in [0, 0.1) is 0 Å². The lowest BCUT2D eigenvalue weighted by molar-refractivity contribution is -0.915. The van der Waals surface area contributed by atoms with E-state index in [2.05, 4.69) is 30.5 Å². The summed E-state index contributed by atoms with van der Waals surface area (Å²) in [6.45, 7) is 9.57. The number of hydrogen-bond donors (Lipinski definition) is 2. The standard InChI is InChI=1S/C16H28N4O3S/c1-4-20(5-2,6-3)13-16(21)19-14-7-9-15(10-8-14)24(22,23)18-12-11-17/h7-10H,4-6,11-13,17H2,1-3H3,(H-2,18,19,21,22,23). The van der Waals surface area contributed by atoms with E-state index in [0.717, 1.165) is 19.6 Å². The van der Waals surface area contributed by atoms with Gasteiger partial charge in [-0.1, -0.05) is 0 Å². The average Bonchev–Trinajstić information content (AvgIpc) is 2.58. The van der Waals surface area contributed by atoms with Crippen molar-refractivity contribution in [3.8, 4) is 0 Å². The maximum absolute atomic E-state index is 12.2. The summed E-state index contributed by atoms with van der Waals surface area (Å²) < 4.78 is 27.0. The van der Waals surface area contributed by atoms with Gasteiger partial charge in [0.25, 0.3) is 0 Å². The Bertz CT molecular complexity index is 560. The molecule has 1 amide bonds. The van der Waals surface area contributed by atoms with Crippen molar-refractivity contribution in [2.24, 2.45) is 10.7 Å². The minimum atomic E-state index is -3.57. The third kappa shape index (κ3) is 5.73. The molecule has 0 heterocycles. The predicted molar refractivity (Wildman–Crippen MR) is 98.5 cm³/mol. The van der Waals surface area contributed by atoms with Crippen molar-refractivity contribution in [3.63, 3.8) is 0 Å². The lowest BCUT2D eigenvalue weighted by Gasteiger charge is -2.34. The number of allylic oxidation sites excluding steroid dienone is 4. The molecule has 0 saturated carbocycles. The Balaban J connectivity index is 2.84. The highest BCUT2D eigenvalue weighted by molar-refractivity contribution is 8.02. The number of likely N-dealkylation sites (N-methyl/N-ethyl adjacent to an activating group) is 1. The summed E-state index contributed by atoms with van der Waals surface area (Å²) in [6, 6.07) is 0. The van der Waals surface area contributed by atoms with E-state index in [4.69, 9.17) is 5.73 Å². The van der Waals surface area contributed by atoms with E-state index in [1.165, 1.54) is 24.3 Å². The van der Waals surface area contributed by atoms with E-state index < -0.39 is 10.4 Å². The maximum atomic E-state index is 12.2. The van der Waals surface area contributed by atoms with Gasteiger partial charge in [0, 0.05) is 13.1 Å². The third-order valence-corrected chi connectivity index (χ3v) is 5.80. The first-order chi connectivity index (χ1) is 11.3. The summed E-state index contributed by atoms with van der Waals surface area (Å²) >= 11 is 0. The molecule has 0 aromatic heterocycles. The number of nitrogens with zero attached hydrogens (tertiary/aromatic N) is 2. The van der Waals surface area contributed by atoms with Crippen LogP contribution in [0.2, 0.25) is 0 Å². The van der Waals surface area contributed by atoms with Crippen LogP contribution in [0.4, 0.5) is 0 Å². The first-order valence-electron chi connectivity index (χ1n) is 8.22. The Morgan fingerprint density at radius 1 is 1.17 bits per heavy atom. The van der Waals surface area contributed by atoms with Gasteiger partial charge in [0.2, 0.25) is 0 Å². The summed E-state index contributed by atoms with van der Waals surface area (Å²) in [7, 11) is -3.57. The van der Waals surface area contributed by atoms with Gasteiger partial charge in [-0.2, -0.15) is 4.72 Å². The van der Waals surface area contributed by atoms with Crippen LogP contribution >= 0.6 is 0 Å². The van der Waals surface area contributed by atoms with Gasteiger partial charge in [0.05, 0.1) is 25.3 Å². The fraction of sp³-hybridized carbons (Fsp3) is 0.562. The van der Waals surface area contributed by atoms with Gasteiger partial charge in [-0.3, -0.25) is 4.79 Å². The van der Waals surface area contributed by atoms with Gasteiger partial charge < -0.3 is 19.3 Å². The molecule has 0 saturated heterocycles. The van der Waals surface area contributed by atoms with Crippen molar-refractivity contribution < 1.29 is 18.4 Å². The first-order valence-corrected chi connectivity index (χ1v) is 9.70. The van der Waals surface area contributed by atoms with Crippen molar-refractivity contribution in [3.05, 3.63) is 24.3 Å². The van der Waals surface area contributed by atoms with Crippen LogP contribution < -0.4 is 10.5 Å². The number of aliphatic imine (C=N–C) groups is 1. The van der Waals surface area contributed by atoms with Crippen molar-refractivity contribution in [2.45, 2.75) is 20.8 Å². The van der Waals surface area contributed by atoms with E-state index in [1.807, 2.05) is 0 Å². The number of quaternary nitrogens is 1. The highest BCUT2D eigenvalue weighted by Gasteiger charge is 2.24. The van der Waals surface area contributed by atoms with Crippen molar-refractivity contribution in [1.29, 1.82) is 0 Å². The van der Waals surface area contributed by atoms with Crippen LogP contribution in [0.3, 0.4) is 0 Å². The molecule has 136 valence electrons. The smallest absolute Gasteiger partial charge is 0.301 e. The van der Waals surface area contributed by atoms with Gasteiger partial charge in [0.1, 0.15) is 4.86 Å². The topological polar surface area (TPSA) is 114 Å². The van der Waals surface area contributed by atoms with Crippen LogP contribution in [0.5, 0.6) is 0 Å². The number of amides is 1. The molecule has 7 nitrogen and oxygen atoms in total. The normalized spacial score (nSPS) is 15.1. The van der Waals surface area contributed by atoms with Crippen LogP contribution in [0.15, 0.2) is 29.3 Å². The summed E-state index contributed by atoms with van der Waals surface area (Å²) in [4.78, 5) is 16.4. The summed E-state index contributed by atoms with van der Waals surface area (Å²) in [6.07, 6.45) is 5.94. The second kappa shape index (κ2) is 9.36. The largest absolute Gasteiger partial charge is 0.634 e. The minimum absolute atomic E-state index is 0.128. The van der Waals surface area contributed by atoms with Gasteiger partial charge >= 0.3 is 5.91 Å². The molecule has 1 aliphatic carbocycles. The van der Waals surface area contributed by atoms with Gasteiger partial charge in [0.15, 0.2) is 6.54 Å². The zero-order chi connectivity index (χ0) is 18.2. The van der Waals surface area contributed by atoms with E-state index in [9.17, 15) is 13.9 Å². The second-order valence-electron chi connectivity index (χ2n) is 5.63. The van der Waals surface area contributed by atoms with Gasteiger partial charge in [-0.05, 0) is 45.1 Å². The molecule has 0 atom stereocenters. The van der Waals surface area contributed by atoms with Crippen molar-refractivity contribution >= 4 is 26.8 Å². The molecule has 0 radical (unpaired) electrons. The number of nitrogens with two attached hydrogens (primary N) is 1. The summed E-state index contributed by atoms with van der Waals surface area (Å²) in [5.41, 5.74) is 5.75. The summed E-state index contributed by atoms with van der Waals surface area (Å²) in [5.74, 6) is -0.197. The van der Waals surface area contributed by atoms with Crippen LogP contribution in [0.1, 0.15) is 20.8 Å². The predicted octanol–water partition coefficient (Wildman–Crippen LogP) is 0.00700. The zero-order valence-corrected chi connectivity index (χ0v) is 15.5. The molecular formula is C16H28N4O3S. The molecular weight excluding hydrogens is 328 g/mol. The summed E-state index contributed by atoms with van der Waals surface area (Å²) in [5, 5.41) is 0. The quantitative estimate of drug-likeness (QED) is 0.361. The Morgan fingerprint density at radius 2 is 1.71 bits per heavy atom. The Labute approximate surface area is 145 Å². The molecule has 24 heavy (non-hydrogen) atoms. The fourth-order valence-electron chi connectivity index (χ4n) is 2.45. The monoisotopic (exact) mass is 356 g/mol. The molecule has 1 rings (SSSR count). The average molecular weight is 356 g/mol. The molecule has 8 heteroatoms. The Hall–Kier alpha value is -1.16. The van der Waals surface area contributed by atoms with Gasteiger partial charge in [-0.15, -0.1) is 10.4 Å².